The first kappa shape index (κ1) is 13.5. The van der Waals surface area contributed by atoms with Crippen molar-refractivity contribution in [2.24, 2.45) is 0 Å². The van der Waals surface area contributed by atoms with Crippen molar-refractivity contribution in [3.05, 3.63) is 0 Å². The van der Waals surface area contributed by atoms with Crippen molar-refractivity contribution in [2.75, 3.05) is 39.4 Å². The summed E-state index contributed by atoms with van der Waals surface area (Å²) in [5.74, 6) is 0. The first-order chi connectivity index (χ1) is 7.36. The van der Waals surface area contributed by atoms with Gasteiger partial charge >= 0.3 is 6.03 Å². The number of carbonyl (C=O) groups excluding carboxylic acids is 1. The Morgan fingerprint density at radius 3 is 2.75 bits per heavy atom. The molecule has 0 aromatic rings. The molecule has 2 aliphatic heterocycles. The molecule has 2 amide bonds. The first-order valence-electron chi connectivity index (χ1n) is 5.70. The molecule has 16 heavy (non-hydrogen) atoms. The van der Waals surface area contributed by atoms with Crippen molar-refractivity contribution >= 4 is 18.4 Å². The summed E-state index contributed by atoms with van der Waals surface area (Å²) in [6.07, 6.45) is 2.23. The minimum absolute atomic E-state index is 0. The monoisotopic (exact) mass is 249 g/mol. The first-order valence-corrected chi connectivity index (χ1v) is 5.70. The van der Waals surface area contributed by atoms with Crippen LogP contribution in [0.15, 0.2) is 0 Å². The van der Waals surface area contributed by atoms with Crippen LogP contribution in [0.4, 0.5) is 4.79 Å². The number of hydrogen-bond acceptors (Lipinski definition) is 3. The summed E-state index contributed by atoms with van der Waals surface area (Å²) in [4.78, 5) is 13.6. The lowest BCUT2D eigenvalue weighted by Crippen LogP contribution is -2.52. The highest BCUT2D eigenvalue weighted by Gasteiger charge is 2.20. The Hall–Kier alpha value is -0.520. The maximum Gasteiger partial charge on any atom is 0.317 e. The predicted octanol–water partition coefficient (Wildman–Crippen LogP) is 0.202. The van der Waals surface area contributed by atoms with E-state index in [1.807, 2.05) is 4.90 Å². The molecule has 2 aliphatic rings. The molecule has 0 aromatic carbocycles. The Bertz CT molecular complexity index is 216. The van der Waals surface area contributed by atoms with Crippen molar-refractivity contribution in [1.82, 2.24) is 15.5 Å². The molecule has 1 atom stereocenters. The van der Waals surface area contributed by atoms with Crippen LogP contribution in [-0.2, 0) is 4.74 Å². The zero-order valence-corrected chi connectivity index (χ0v) is 10.2. The standard InChI is InChI=1S/C10H19N3O2.ClH/c14-10(13-4-6-15-7-5-13)12-9-2-1-3-11-8-9;/h9,11H,1-8H2,(H,12,14);1H/t9-;/m1./s1. The van der Waals surface area contributed by atoms with Gasteiger partial charge in [-0.2, -0.15) is 0 Å². The molecule has 2 rings (SSSR count). The third-order valence-electron chi connectivity index (χ3n) is 2.92. The lowest BCUT2D eigenvalue weighted by atomic mass is 10.1. The molecule has 0 aliphatic carbocycles. The van der Waals surface area contributed by atoms with E-state index in [4.69, 9.17) is 4.74 Å². The van der Waals surface area contributed by atoms with Gasteiger partial charge in [-0.15, -0.1) is 12.4 Å². The van der Waals surface area contributed by atoms with Crippen LogP contribution in [-0.4, -0.2) is 56.4 Å². The minimum Gasteiger partial charge on any atom is -0.378 e. The maximum absolute atomic E-state index is 11.8. The highest BCUT2D eigenvalue weighted by Crippen LogP contribution is 2.03. The van der Waals surface area contributed by atoms with Gasteiger partial charge in [0, 0.05) is 25.7 Å². The largest absolute Gasteiger partial charge is 0.378 e. The number of halogens is 1. The summed E-state index contributed by atoms with van der Waals surface area (Å²) in [6.45, 7) is 4.73. The van der Waals surface area contributed by atoms with Crippen LogP contribution >= 0.6 is 12.4 Å². The number of morpholine rings is 1. The summed E-state index contributed by atoms with van der Waals surface area (Å²) < 4.78 is 5.21. The van der Waals surface area contributed by atoms with E-state index in [2.05, 4.69) is 10.6 Å². The Morgan fingerprint density at radius 2 is 2.12 bits per heavy atom. The fraction of sp³-hybridized carbons (Fsp3) is 0.900. The van der Waals surface area contributed by atoms with Gasteiger partial charge < -0.3 is 20.3 Å². The van der Waals surface area contributed by atoms with Gasteiger partial charge in [0.25, 0.3) is 0 Å². The Labute approximate surface area is 102 Å². The van der Waals surface area contributed by atoms with E-state index in [1.54, 1.807) is 0 Å². The molecule has 2 fully saturated rings. The lowest BCUT2D eigenvalue weighted by molar-refractivity contribution is 0.0523. The molecular weight excluding hydrogens is 230 g/mol. The number of hydrogen-bond donors (Lipinski definition) is 2. The van der Waals surface area contributed by atoms with E-state index in [1.165, 1.54) is 0 Å². The topological polar surface area (TPSA) is 53.6 Å². The van der Waals surface area contributed by atoms with Crippen LogP contribution < -0.4 is 10.6 Å². The van der Waals surface area contributed by atoms with Crippen LogP contribution in [0.3, 0.4) is 0 Å². The molecule has 2 N–H and O–H groups in total. The molecule has 2 heterocycles. The number of carbonyl (C=O) groups is 1. The van der Waals surface area contributed by atoms with Gasteiger partial charge in [0.2, 0.25) is 0 Å². The Morgan fingerprint density at radius 1 is 1.38 bits per heavy atom. The molecule has 6 heteroatoms. The quantitative estimate of drug-likeness (QED) is 0.698. The molecule has 0 spiro atoms. The normalized spacial score (nSPS) is 25.8. The van der Waals surface area contributed by atoms with Gasteiger partial charge in [-0.25, -0.2) is 4.79 Å². The Kier molecular flexibility index (Phi) is 5.87. The number of nitrogens with one attached hydrogen (secondary N) is 2. The van der Waals surface area contributed by atoms with E-state index in [9.17, 15) is 4.79 Å². The third-order valence-corrected chi connectivity index (χ3v) is 2.92. The van der Waals surface area contributed by atoms with Crippen molar-refractivity contribution < 1.29 is 9.53 Å². The number of nitrogens with zero attached hydrogens (tertiary/aromatic N) is 1. The van der Waals surface area contributed by atoms with Crippen LogP contribution in [0.5, 0.6) is 0 Å². The smallest absolute Gasteiger partial charge is 0.317 e. The van der Waals surface area contributed by atoms with Crippen molar-refractivity contribution in [3.8, 4) is 0 Å². The predicted molar refractivity (Wildman–Crippen MR) is 64.1 cm³/mol. The molecule has 0 unspecified atom stereocenters. The molecule has 2 saturated heterocycles. The van der Waals surface area contributed by atoms with Crippen LogP contribution in [0.1, 0.15) is 12.8 Å². The summed E-state index contributed by atoms with van der Waals surface area (Å²) in [7, 11) is 0. The van der Waals surface area contributed by atoms with Gasteiger partial charge in [0.05, 0.1) is 13.2 Å². The molecular formula is C10H20ClN3O2. The van der Waals surface area contributed by atoms with Gasteiger partial charge in [0.1, 0.15) is 0 Å². The van der Waals surface area contributed by atoms with Crippen LogP contribution in [0.25, 0.3) is 0 Å². The second-order valence-corrected chi connectivity index (χ2v) is 4.09. The summed E-state index contributed by atoms with van der Waals surface area (Å²) >= 11 is 0. The fourth-order valence-corrected chi connectivity index (χ4v) is 2.01. The van der Waals surface area contributed by atoms with E-state index in [0.29, 0.717) is 32.3 Å². The van der Waals surface area contributed by atoms with Crippen LogP contribution in [0.2, 0.25) is 0 Å². The van der Waals surface area contributed by atoms with Crippen molar-refractivity contribution in [1.29, 1.82) is 0 Å². The van der Waals surface area contributed by atoms with Crippen molar-refractivity contribution in [3.63, 3.8) is 0 Å². The molecule has 0 radical (unpaired) electrons. The van der Waals surface area contributed by atoms with E-state index in [0.717, 1.165) is 25.9 Å². The second-order valence-electron chi connectivity index (χ2n) is 4.09. The zero-order chi connectivity index (χ0) is 10.5. The number of ether oxygens (including phenoxy) is 1. The molecule has 0 saturated carbocycles. The lowest BCUT2D eigenvalue weighted by Gasteiger charge is -2.30. The maximum atomic E-state index is 11.8. The highest BCUT2D eigenvalue weighted by atomic mass is 35.5. The number of rotatable bonds is 1. The molecule has 94 valence electrons. The van der Waals surface area contributed by atoms with Gasteiger partial charge in [-0.05, 0) is 19.4 Å². The summed E-state index contributed by atoms with van der Waals surface area (Å²) in [5, 5.41) is 6.34. The molecule has 0 bridgehead atoms. The average molecular weight is 250 g/mol. The third kappa shape index (κ3) is 3.81. The highest BCUT2D eigenvalue weighted by molar-refractivity contribution is 5.85. The SMILES string of the molecule is Cl.O=C(N[C@@H]1CCCNC1)N1CCOCC1. The van der Waals surface area contributed by atoms with Crippen LogP contribution in [0, 0.1) is 0 Å². The van der Waals surface area contributed by atoms with Gasteiger partial charge in [0.15, 0.2) is 0 Å². The summed E-state index contributed by atoms with van der Waals surface area (Å²) in [5.41, 5.74) is 0. The number of amides is 2. The number of urea groups is 1. The molecule has 5 nitrogen and oxygen atoms in total. The van der Waals surface area contributed by atoms with E-state index < -0.39 is 0 Å². The van der Waals surface area contributed by atoms with Gasteiger partial charge in [-0.3, -0.25) is 0 Å². The van der Waals surface area contributed by atoms with Gasteiger partial charge in [-0.1, -0.05) is 0 Å². The summed E-state index contributed by atoms with van der Waals surface area (Å²) in [6, 6.07) is 0.362. The average Bonchev–Trinajstić information content (AvgIpc) is 2.31. The second kappa shape index (κ2) is 6.93. The zero-order valence-electron chi connectivity index (χ0n) is 9.41. The number of piperidine rings is 1. The molecule has 0 aromatic heterocycles. The van der Waals surface area contributed by atoms with Crippen molar-refractivity contribution in [2.45, 2.75) is 18.9 Å². The fourth-order valence-electron chi connectivity index (χ4n) is 2.01. The minimum atomic E-state index is 0. The van der Waals surface area contributed by atoms with E-state index >= 15 is 0 Å². The van der Waals surface area contributed by atoms with E-state index in [-0.39, 0.29) is 18.4 Å². The Balaban J connectivity index is 0.00000128.